The quantitative estimate of drug-likeness (QED) is 0.0262. The molecule has 0 bridgehead atoms. The van der Waals surface area contributed by atoms with Crippen LogP contribution < -0.4 is 0 Å². The second-order valence-corrected chi connectivity index (χ2v) is 18.5. The molecule has 0 aromatic carbocycles. The average molecular weight is 946 g/mol. The molecule has 0 aliphatic heterocycles. The summed E-state index contributed by atoms with van der Waals surface area (Å²) in [5.41, 5.74) is 0. The van der Waals surface area contributed by atoms with Gasteiger partial charge in [0, 0.05) is 19.3 Å². The highest BCUT2D eigenvalue weighted by molar-refractivity contribution is 5.71. The molecule has 6 nitrogen and oxygen atoms in total. The summed E-state index contributed by atoms with van der Waals surface area (Å²) in [6.07, 6.45) is 74.0. The Balaban J connectivity index is 4.45. The van der Waals surface area contributed by atoms with Gasteiger partial charge in [-0.2, -0.15) is 0 Å². The highest BCUT2D eigenvalue weighted by Gasteiger charge is 2.19. The van der Waals surface area contributed by atoms with Gasteiger partial charge >= 0.3 is 17.9 Å². The van der Waals surface area contributed by atoms with Gasteiger partial charge in [-0.3, -0.25) is 14.4 Å². The van der Waals surface area contributed by atoms with Crippen molar-refractivity contribution >= 4 is 17.9 Å². The molecule has 0 aromatic heterocycles. The molecular formula is C62H104O6. The van der Waals surface area contributed by atoms with Crippen molar-refractivity contribution in [2.24, 2.45) is 0 Å². The minimum absolute atomic E-state index is 0.0975. The third-order valence-corrected chi connectivity index (χ3v) is 11.8. The third-order valence-electron chi connectivity index (χ3n) is 11.8. The largest absolute Gasteiger partial charge is 0.462 e. The molecule has 0 amide bonds. The van der Waals surface area contributed by atoms with Crippen LogP contribution in [0.3, 0.4) is 0 Å². The van der Waals surface area contributed by atoms with E-state index in [1.807, 2.05) is 0 Å². The van der Waals surface area contributed by atoms with Gasteiger partial charge in [-0.1, -0.05) is 240 Å². The van der Waals surface area contributed by atoms with Gasteiger partial charge in [0.25, 0.3) is 0 Å². The Morgan fingerprint density at radius 1 is 0.309 bits per heavy atom. The summed E-state index contributed by atoms with van der Waals surface area (Å²) in [4.78, 5) is 38.0. The van der Waals surface area contributed by atoms with E-state index in [9.17, 15) is 14.4 Å². The first-order valence-corrected chi connectivity index (χ1v) is 28.2. The molecular weight excluding hydrogens is 841 g/mol. The summed E-state index contributed by atoms with van der Waals surface area (Å²) in [6, 6.07) is 0. The smallest absolute Gasteiger partial charge is 0.306 e. The van der Waals surface area contributed by atoms with Crippen LogP contribution in [0.15, 0.2) is 97.2 Å². The Kier molecular flexibility index (Phi) is 52.9. The van der Waals surface area contributed by atoms with Gasteiger partial charge in [0.1, 0.15) is 13.2 Å². The maximum atomic E-state index is 12.8. The molecule has 0 spiro atoms. The fourth-order valence-corrected chi connectivity index (χ4v) is 7.60. The number of unbranched alkanes of at least 4 members (excludes halogenated alkanes) is 23. The standard InChI is InChI=1S/C62H104O6/c1-4-7-10-13-16-19-22-24-26-28-29-30-31-32-33-34-36-37-40-43-46-49-52-55-61(64)67-58-59(57-66-60(63)54-51-48-45-42-39-21-18-15-12-9-6-3)68-62(65)56-53-50-47-44-41-38-35-27-25-23-20-17-14-11-8-5-2/h7,10,16,19,24,26-27,29-30,32-33,35-37,43,46,59H,4-6,8-9,11-15,17-18,20-23,25,28,31,34,38-42,44-45,47-58H2,1-3H3/b10-7-,19-16-,26-24-,30-29-,33-32-,35-27-,37-36-,46-43-. The normalized spacial score (nSPS) is 12.8. The molecule has 0 N–H and O–H groups in total. The lowest BCUT2D eigenvalue weighted by atomic mass is 10.1. The molecule has 0 heterocycles. The summed E-state index contributed by atoms with van der Waals surface area (Å²) in [6.45, 7) is 6.46. The molecule has 0 aliphatic rings. The molecule has 0 aromatic rings. The molecule has 68 heavy (non-hydrogen) atoms. The van der Waals surface area contributed by atoms with Crippen LogP contribution in [-0.2, 0) is 28.6 Å². The van der Waals surface area contributed by atoms with Gasteiger partial charge in [-0.05, 0) is 96.3 Å². The molecule has 0 saturated heterocycles. The fraction of sp³-hybridized carbons (Fsp3) is 0.694. The van der Waals surface area contributed by atoms with Crippen molar-refractivity contribution in [3.8, 4) is 0 Å². The van der Waals surface area contributed by atoms with Gasteiger partial charge in [0.15, 0.2) is 6.10 Å². The van der Waals surface area contributed by atoms with Crippen molar-refractivity contribution in [2.45, 2.75) is 264 Å². The highest BCUT2D eigenvalue weighted by Crippen LogP contribution is 2.14. The van der Waals surface area contributed by atoms with Crippen molar-refractivity contribution in [2.75, 3.05) is 13.2 Å². The van der Waals surface area contributed by atoms with Gasteiger partial charge in [-0.15, -0.1) is 0 Å². The molecule has 0 rings (SSSR count). The first-order valence-electron chi connectivity index (χ1n) is 28.2. The maximum absolute atomic E-state index is 12.8. The molecule has 1 unspecified atom stereocenters. The van der Waals surface area contributed by atoms with Crippen LogP contribution in [0.1, 0.15) is 258 Å². The fourth-order valence-electron chi connectivity index (χ4n) is 7.60. The third kappa shape index (κ3) is 53.3. The Labute approximate surface area is 419 Å². The lowest BCUT2D eigenvalue weighted by Crippen LogP contribution is -2.30. The summed E-state index contributed by atoms with van der Waals surface area (Å²) in [7, 11) is 0. The van der Waals surface area contributed by atoms with Gasteiger partial charge in [-0.25, -0.2) is 0 Å². The molecule has 388 valence electrons. The Morgan fingerprint density at radius 3 is 0.971 bits per heavy atom. The Bertz CT molecular complexity index is 1360. The number of hydrogen-bond acceptors (Lipinski definition) is 6. The molecule has 0 fully saturated rings. The number of hydrogen-bond donors (Lipinski definition) is 0. The average Bonchev–Trinajstić information content (AvgIpc) is 3.34. The number of carbonyl (C=O) groups excluding carboxylic acids is 3. The zero-order chi connectivity index (χ0) is 49.3. The molecule has 0 aliphatic carbocycles. The number of allylic oxidation sites excluding steroid dienone is 16. The number of ether oxygens (including phenoxy) is 3. The zero-order valence-electron chi connectivity index (χ0n) is 44.3. The summed E-state index contributed by atoms with van der Waals surface area (Å²) in [5, 5.41) is 0. The van der Waals surface area contributed by atoms with Crippen LogP contribution in [0.5, 0.6) is 0 Å². The Morgan fingerprint density at radius 2 is 0.588 bits per heavy atom. The van der Waals surface area contributed by atoms with Gasteiger partial charge < -0.3 is 14.2 Å². The molecule has 6 heteroatoms. The van der Waals surface area contributed by atoms with Crippen molar-refractivity contribution < 1.29 is 28.6 Å². The van der Waals surface area contributed by atoms with E-state index in [1.54, 1.807) is 0 Å². The van der Waals surface area contributed by atoms with E-state index in [0.717, 1.165) is 103 Å². The van der Waals surface area contributed by atoms with Crippen molar-refractivity contribution in [1.29, 1.82) is 0 Å². The summed E-state index contributed by atoms with van der Waals surface area (Å²) >= 11 is 0. The number of carbonyl (C=O) groups is 3. The van der Waals surface area contributed by atoms with Crippen LogP contribution in [-0.4, -0.2) is 37.2 Å². The first kappa shape index (κ1) is 64.3. The van der Waals surface area contributed by atoms with E-state index in [0.29, 0.717) is 19.3 Å². The van der Waals surface area contributed by atoms with E-state index in [4.69, 9.17) is 14.2 Å². The van der Waals surface area contributed by atoms with Crippen molar-refractivity contribution in [1.82, 2.24) is 0 Å². The SMILES string of the molecule is CC/C=C\C/C=C\C/C=C\C/C=C\C/C=C\C/C=C\C/C=C\CCCC(=O)OCC(COC(=O)CCCCCCCCCCCCC)OC(=O)CCCCCCC/C=C\CCCCCCCCC. The lowest BCUT2D eigenvalue weighted by molar-refractivity contribution is -0.167. The van der Waals surface area contributed by atoms with Crippen LogP contribution in [0, 0.1) is 0 Å². The van der Waals surface area contributed by atoms with Crippen molar-refractivity contribution in [3.05, 3.63) is 97.2 Å². The van der Waals surface area contributed by atoms with E-state index >= 15 is 0 Å². The van der Waals surface area contributed by atoms with Crippen LogP contribution in [0.4, 0.5) is 0 Å². The van der Waals surface area contributed by atoms with E-state index in [-0.39, 0.29) is 37.5 Å². The van der Waals surface area contributed by atoms with Crippen LogP contribution >= 0.6 is 0 Å². The molecule has 0 radical (unpaired) electrons. The molecule has 0 saturated carbocycles. The summed E-state index contributed by atoms with van der Waals surface area (Å²) < 4.78 is 16.8. The van der Waals surface area contributed by atoms with Gasteiger partial charge in [0.05, 0.1) is 0 Å². The number of rotatable bonds is 50. The van der Waals surface area contributed by atoms with E-state index in [2.05, 4.69) is 118 Å². The second-order valence-electron chi connectivity index (χ2n) is 18.5. The van der Waals surface area contributed by atoms with E-state index < -0.39 is 6.10 Å². The van der Waals surface area contributed by atoms with Crippen molar-refractivity contribution in [3.63, 3.8) is 0 Å². The number of esters is 3. The first-order chi connectivity index (χ1) is 33.5. The second kappa shape index (κ2) is 55.9. The summed E-state index contributed by atoms with van der Waals surface area (Å²) in [5.74, 6) is -0.967. The lowest BCUT2D eigenvalue weighted by Gasteiger charge is -2.18. The minimum Gasteiger partial charge on any atom is -0.462 e. The van der Waals surface area contributed by atoms with E-state index in [1.165, 1.54) is 109 Å². The van der Waals surface area contributed by atoms with Gasteiger partial charge in [0.2, 0.25) is 0 Å². The molecule has 1 atom stereocenters. The van der Waals surface area contributed by atoms with Crippen LogP contribution in [0.2, 0.25) is 0 Å². The zero-order valence-corrected chi connectivity index (χ0v) is 44.3. The predicted octanol–water partition coefficient (Wildman–Crippen LogP) is 18.9. The topological polar surface area (TPSA) is 78.9 Å². The minimum atomic E-state index is -0.804. The monoisotopic (exact) mass is 945 g/mol. The maximum Gasteiger partial charge on any atom is 0.306 e. The Hall–Kier alpha value is -3.67. The van der Waals surface area contributed by atoms with Crippen LogP contribution in [0.25, 0.3) is 0 Å². The highest BCUT2D eigenvalue weighted by atomic mass is 16.6. The predicted molar refractivity (Wildman–Crippen MR) is 293 cm³/mol.